The molecule has 0 spiro atoms. The Morgan fingerprint density at radius 2 is 1.66 bits per heavy atom. The number of aliphatic carboxylic acids is 1. The summed E-state index contributed by atoms with van der Waals surface area (Å²) in [5, 5.41) is 11.7. The van der Waals surface area contributed by atoms with Gasteiger partial charge in [-0.1, -0.05) is 55.5 Å². The Bertz CT molecular complexity index is 991. The molecule has 0 saturated carbocycles. The van der Waals surface area contributed by atoms with Gasteiger partial charge in [-0.25, -0.2) is 4.79 Å². The van der Waals surface area contributed by atoms with Gasteiger partial charge in [-0.3, -0.25) is 9.59 Å². The molecule has 1 aliphatic carbocycles. The number of benzene rings is 2. The van der Waals surface area contributed by atoms with Gasteiger partial charge in [0.05, 0.1) is 6.42 Å². The number of likely N-dealkylation sites (tertiary alicyclic amines) is 1. The molecule has 0 aromatic heterocycles. The summed E-state index contributed by atoms with van der Waals surface area (Å²) in [7, 11) is 0. The van der Waals surface area contributed by atoms with Gasteiger partial charge in [0, 0.05) is 19.0 Å². The predicted octanol–water partition coefficient (Wildman–Crippen LogP) is 3.48. The molecular weight excluding hydrogens is 408 g/mol. The summed E-state index contributed by atoms with van der Waals surface area (Å²) in [6.45, 7) is 4.64. The fourth-order valence-electron chi connectivity index (χ4n) is 4.86. The molecule has 1 aliphatic heterocycles. The molecule has 1 heterocycles. The fourth-order valence-corrected chi connectivity index (χ4v) is 4.86. The molecule has 7 nitrogen and oxygen atoms in total. The van der Waals surface area contributed by atoms with Crippen LogP contribution in [0.5, 0.6) is 0 Å². The van der Waals surface area contributed by atoms with Crippen LogP contribution in [0.15, 0.2) is 48.5 Å². The van der Waals surface area contributed by atoms with Gasteiger partial charge in [0.1, 0.15) is 12.6 Å². The van der Waals surface area contributed by atoms with Crippen LogP contribution in [-0.2, 0) is 14.3 Å². The monoisotopic (exact) mass is 436 g/mol. The lowest BCUT2D eigenvalue weighted by atomic mass is 9.95. The van der Waals surface area contributed by atoms with Crippen molar-refractivity contribution < 1.29 is 24.2 Å². The minimum absolute atomic E-state index is 0.0408. The van der Waals surface area contributed by atoms with Gasteiger partial charge in [0.15, 0.2) is 0 Å². The molecule has 2 aromatic carbocycles. The normalized spacial score (nSPS) is 20.4. The second kappa shape index (κ2) is 9.02. The van der Waals surface area contributed by atoms with E-state index >= 15 is 0 Å². The summed E-state index contributed by atoms with van der Waals surface area (Å²) >= 11 is 0. The lowest BCUT2D eigenvalue weighted by Gasteiger charge is -2.22. The molecule has 3 atom stereocenters. The highest BCUT2D eigenvalue weighted by Gasteiger charge is 2.36. The third-order valence-electron chi connectivity index (χ3n) is 6.56. The molecule has 32 heavy (non-hydrogen) atoms. The maximum atomic E-state index is 12.8. The molecule has 1 fully saturated rings. The van der Waals surface area contributed by atoms with E-state index in [0.29, 0.717) is 13.1 Å². The average Bonchev–Trinajstić information content (AvgIpc) is 3.29. The number of carbonyl (C=O) groups is 3. The molecule has 1 unspecified atom stereocenters. The zero-order chi connectivity index (χ0) is 22.8. The van der Waals surface area contributed by atoms with Crippen molar-refractivity contribution in [2.75, 3.05) is 19.7 Å². The van der Waals surface area contributed by atoms with E-state index in [9.17, 15) is 14.4 Å². The zero-order valence-corrected chi connectivity index (χ0v) is 18.3. The highest BCUT2D eigenvalue weighted by Crippen LogP contribution is 2.44. The van der Waals surface area contributed by atoms with Gasteiger partial charge in [-0.15, -0.1) is 0 Å². The summed E-state index contributed by atoms with van der Waals surface area (Å²) in [4.78, 5) is 37.8. The summed E-state index contributed by atoms with van der Waals surface area (Å²) in [5.41, 5.74) is 4.56. The van der Waals surface area contributed by atoms with Crippen LogP contribution in [0.3, 0.4) is 0 Å². The average molecular weight is 437 g/mol. The molecular formula is C25H28N2O5. The van der Waals surface area contributed by atoms with Crippen molar-refractivity contribution in [2.45, 2.75) is 32.2 Å². The van der Waals surface area contributed by atoms with Crippen LogP contribution in [0, 0.1) is 11.8 Å². The lowest BCUT2D eigenvalue weighted by molar-refractivity contribution is -0.138. The van der Waals surface area contributed by atoms with Crippen LogP contribution in [0.25, 0.3) is 11.1 Å². The molecule has 4 rings (SSSR count). The van der Waals surface area contributed by atoms with Gasteiger partial charge < -0.3 is 20.1 Å². The highest BCUT2D eigenvalue weighted by molar-refractivity contribution is 5.85. The maximum absolute atomic E-state index is 12.8. The van der Waals surface area contributed by atoms with Crippen molar-refractivity contribution >= 4 is 18.0 Å². The topological polar surface area (TPSA) is 95.9 Å². The first-order chi connectivity index (χ1) is 15.3. The van der Waals surface area contributed by atoms with Crippen LogP contribution in [-0.4, -0.2) is 53.7 Å². The van der Waals surface area contributed by atoms with E-state index in [1.54, 1.807) is 11.8 Å². The first kappa shape index (κ1) is 21.9. The molecule has 2 aromatic rings. The Morgan fingerprint density at radius 1 is 1.06 bits per heavy atom. The number of alkyl carbamates (subject to hydrolysis) is 1. The van der Waals surface area contributed by atoms with Gasteiger partial charge in [0.2, 0.25) is 5.91 Å². The van der Waals surface area contributed by atoms with Crippen LogP contribution in [0.2, 0.25) is 0 Å². The van der Waals surface area contributed by atoms with Crippen molar-refractivity contribution in [1.29, 1.82) is 0 Å². The summed E-state index contributed by atoms with van der Waals surface area (Å²) in [6, 6.07) is 15.5. The summed E-state index contributed by atoms with van der Waals surface area (Å²) in [6.07, 6.45) is -0.596. The third kappa shape index (κ3) is 4.33. The first-order valence-electron chi connectivity index (χ1n) is 11.0. The smallest absolute Gasteiger partial charge is 0.407 e. The van der Waals surface area contributed by atoms with Crippen LogP contribution in [0.4, 0.5) is 4.79 Å². The number of amides is 2. The van der Waals surface area contributed by atoms with Gasteiger partial charge in [0.25, 0.3) is 0 Å². The summed E-state index contributed by atoms with van der Waals surface area (Å²) < 4.78 is 5.52. The molecule has 0 bridgehead atoms. The Hall–Kier alpha value is -3.35. The predicted molar refractivity (Wildman–Crippen MR) is 119 cm³/mol. The quantitative estimate of drug-likeness (QED) is 0.723. The van der Waals surface area contributed by atoms with Crippen molar-refractivity contribution in [2.24, 2.45) is 11.8 Å². The SMILES string of the molecule is CC(NC(=O)OCC1c2ccccc2-c2ccccc21)C(=O)N1C[C@@H](CC(=O)O)[C@H](C)C1. The second-order valence-corrected chi connectivity index (χ2v) is 8.77. The lowest BCUT2D eigenvalue weighted by Crippen LogP contribution is -2.46. The molecule has 2 aliphatic rings. The maximum Gasteiger partial charge on any atom is 0.407 e. The first-order valence-corrected chi connectivity index (χ1v) is 11.0. The highest BCUT2D eigenvalue weighted by atomic mass is 16.5. The van der Waals surface area contributed by atoms with Crippen LogP contribution >= 0.6 is 0 Å². The number of fused-ring (bicyclic) bond motifs is 3. The number of nitrogens with zero attached hydrogens (tertiary/aromatic N) is 1. The van der Waals surface area contributed by atoms with E-state index in [0.717, 1.165) is 22.3 Å². The van der Waals surface area contributed by atoms with Gasteiger partial charge >= 0.3 is 12.1 Å². The number of carboxylic acids is 1. The van der Waals surface area contributed by atoms with E-state index in [4.69, 9.17) is 9.84 Å². The molecule has 7 heteroatoms. The summed E-state index contributed by atoms with van der Waals surface area (Å²) in [5.74, 6) is -1.09. The molecule has 0 radical (unpaired) electrons. The number of nitrogens with one attached hydrogen (secondary N) is 1. The van der Waals surface area contributed by atoms with Crippen molar-refractivity contribution in [3.05, 3.63) is 59.7 Å². The number of carbonyl (C=O) groups excluding carboxylic acids is 2. The Morgan fingerprint density at radius 3 is 2.25 bits per heavy atom. The molecule has 2 amide bonds. The van der Waals surface area contributed by atoms with E-state index in [1.807, 2.05) is 31.2 Å². The molecule has 1 saturated heterocycles. The van der Waals surface area contributed by atoms with E-state index in [-0.39, 0.29) is 36.7 Å². The van der Waals surface area contributed by atoms with E-state index in [2.05, 4.69) is 29.6 Å². The fraction of sp³-hybridized carbons (Fsp3) is 0.400. The van der Waals surface area contributed by atoms with E-state index < -0.39 is 18.1 Å². The standard InChI is InChI=1S/C25H28N2O5/c1-15-12-27(13-17(15)11-23(28)29)24(30)16(2)26-25(31)32-14-22-20-9-5-3-7-18(20)19-8-4-6-10-21(19)22/h3-10,15-17,22H,11-14H2,1-2H3,(H,26,31)(H,28,29)/t15-,16?,17-/m1/s1. The number of carboxylic acid groups (broad SMARTS) is 1. The van der Waals surface area contributed by atoms with Crippen LogP contribution < -0.4 is 5.32 Å². The number of rotatable bonds is 6. The third-order valence-corrected chi connectivity index (χ3v) is 6.56. The van der Waals surface area contributed by atoms with Crippen molar-refractivity contribution in [1.82, 2.24) is 10.2 Å². The van der Waals surface area contributed by atoms with Gasteiger partial charge in [-0.2, -0.15) is 0 Å². The Balaban J connectivity index is 1.34. The van der Waals surface area contributed by atoms with Gasteiger partial charge in [-0.05, 0) is 41.0 Å². The van der Waals surface area contributed by atoms with Crippen molar-refractivity contribution in [3.8, 4) is 11.1 Å². The largest absolute Gasteiger partial charge is 0.481 e. The zero-order valence-electron chi connectivity index (χ0n) is 18.3. The Labute approximate surface area is 187 Å². The molecule has 2 N–H and O–H groups in total. The number of ether oxygens (including phenoxy) is 1. The number of hydrogen-bond donors (Lipinski definition) is 2. The van der Waals surface area contributed by atoms with Crippen LogP contribution in [0.1, 0.15) is 37.3 Å². The minimum Gasteiger partial charge on any atom is -0.481 e. The second-order valence-electron chi connectivity index (χ2n) is 8.77. The van der Waals surface area contributed by atoms with E-state index in [1.165, 1.54) is 0 Å². The van der Waals surface area contributed by atoms with Crippen molar-refractivity contribution in [3.63, 3.8) is 0 Å². The molecule has 168 valence electrons. The Kier molecular flexibility index (Phi) is 6.17. The number of hydrogen-bond acceptors (Lipinski definition) is 4. The minimum atomic E-state index is -0.860.